The van der Waals surface area contributed by atoms with E-state index >= 15 is 0 Å². The Bertz CT molecular complexity index is 406. The normalized spacial score (nSPS) is 26.3. The zero-order valence-corrected chi connectivity index (χ0v) is 10.6. The fourth-order valence-corrected chi connectivity index (χ4v) is 2.09. The molecule has 1 aromatic rings. The number of aliphatic hydroxyl groups is 2. The molecule has 0 spiro atoms. The first kappa shape index (κ1) is 14.0. The molecule has 19 heavy (non-hydrogen) atoms. The highest BCUT2D eigenvalue weighted by Crippen LogP contribution is 2.22. The topological polar surface area (TPSA) is 76.0 Å². The van der Waals surface area contributed by atoms with Crippen LogP contribution in [0.5, 0.6) is 0 Å². The molecule has 0 amide bonds. The molecule has 5 nitrogen and oxygen atoms in total. The van der Waals surface area contributed by atoms with Crippen molar-refractivity contribution in [2.45, 2.75) is 37.8 Å². The Balaban J connectivity index is 1.73. The van der Waals surface area contributed by atoms with Gasteiger partial charge in [0.1, 0.15) is 12.7 Å². The highest BCUT2D eigenvalue weighted by Gasteiger charge is 2.34. The van der Waals surface area contributed by atoms with Crippen LogP contribution in [0.4, 0.5) is 0 Å². The molecule has 0 radical (unpaired) electrons. The van der Waals surface area contributed by atoms with E-state index < -0.39 is 12.2 Å². The number of carbonyl (C=O) groups excluding carboxylic acids is 1. The van der Waals surface area contributed by atoms with Crippen LogP contribution in [-0.2, 0) is 20.9 Å². The van der Waals surface area contributed by atoms with Crippen molar-refractivity contribution in [2.24, 2.45) is 0 Å². The molecule has 0 aromatic heterocycles. The van der Waals surface area contributed by atoms with Gasteiger partial charge < -0.3 is 19.7 Å². The van der Waals surface area contributed by atoms with E-state index in [2.05, 4.69) is 0 Å². The van der Waals surface area contributed by atoms with E-state index in [0.717, 1.165) is 5.56 Å². The van der Waals surface area contributed by atoms with Crippen molar-refractivity contribution in [1.29, 1.82) is 0 Å². The van der Waals surface area contributed by atoms with E-state index in [1.165, 1.54) is 0 Å². The molecule has 1 aliphatic rings. The van der Waals surface area contributed by atoms with E-state index in [4.69, 9.17) is 14.6 Å². The van der Waals surface area contributed by atoms with Gasteiger partial charge in [-0.2, -0.15) is 0 Å². The number of carbonyl (C=O) groups is 1. The van der Waals surface area contributed by atoms with Gasteiger partial charge in [0.2, 0.25) is 0 Å². The molecule has 0 bridgehead atoms. The van der Waals surface area contributed by atoms with E-state index in [1.54, 1.807) is 0 Å². The SMILES string of the molecule is O=C(CC1C[C@H](O)[C@@H](CO)O1)OCc1ccccc1. The fraction of sp³-hybridized carbons (Fsp3) is 0.500. The minimum absolute atomic E-state index is 0.0976. The van der Waals surface area contributed by atoms with Gasteiger partial charge in [-0.1, -0.05) is 30.3 Å². The third-order valence-corrected chi connectivity index (χ3v) is 3.12. The number of ether oxygens (including phenoxy) is 2. The number of benzene rings is 1. The van der Waals surface area contributed by atoms with E-state index in [9.17, 15) is 9.90 Å². The number of esters is 1. The summed E-state index contributed by atoms with van der Waals surface area (Å²) in [6, 6.07) is 9.42. The Morgan fingerprint density at radius 1 is 1.37 bits per heavy atom. The molecule has 3 atom stereocenters. The fourth-order valence-electron chi connectivity index (χ4n) is 2.09. The summed E-state index contributed by atoms with van der Waals surface area (Å²) < 4.78 is 10.5. The largest absolute Gasteiger partial charge is 0.461 e. The Labute approximate surface area is 111 Å². The standard InChI is InChI=1S/C14H18O5/c15-8-13-12(16)6-11(19-13)7-14(17)18-9-10-4-2-1-3-5-10/h1-5,11-13,15-16H,6-9H2/t11?,12-,13+/m0/s1. The number of aliphatic hydroxyl groups excluding tert-OH is 2. The molecular weight excluding hydrogens is 248 g/mol. The van der Waals surface area contributed by atoms with Gasteiger partial charge in [-0.25, -0.2) is 0 Å². The lowest BCUT2D eigenvalue weighted by atomic mass is 10.1. The van der Waals surface area contributed by atoms with Crippen LogP contribution in [0.1, 0.15) is 18.4 Å². The van der Waals surface area contributed by atoms with Crippen LogP contribution in [0.15, 0.2) is 30.3 Å². The minimum Gasteiger partial charge on any atom is -0.461 e. The molecule has 1 fully saturated rings. The molecule has 2 rings (SSSR count). The summed E-state index contributed by atoms with van der Waals surface area (Å²) in [7, 11) is 0. The molecule has 1 aliphatic heterocycles. The Kier molecular flexibility index (Phi) is 4.90. The van der Waals surface area contributed by atoms with Gasteiger partial charge >= 0.3 is 5.97 Å². The van der Waals surface area contributed by atoms with Crippen LogP contribution in [0, 0.1) is 0 Å². The monoisotopic (exact) mass is 266 g/mol. The number of hydrogen-bond donors (Lipinski definition) is 2. The lowest BCUT2D eigenvalue weighted by Gasteiger charge is -2.11. The lowest BCUT2D eigenvalue weighted by Crippen LogP contribution is -2.24. The Hall–Kier alpha value is -1.43. The van der Waals surface area contributed by atoms with Crippen LogP contribution in [0.3, 0.4) is 0 Å². The van der Waals surface area contributed by atoms with Gasteiger partial charge in [-0.15, -0.1) is 0 Å². The lowest BCUT2D eigenvalue weighted by molar-refractivity contribution is -0.148. The molecule has 1 unspecified atom stereocenters. The summed E-state index contributed by atoms with van der Waals surface area (Å²) in [5.74, 6) is -0.361. The van der Waals surface area contributed by atoms with Crippen LogP contribution in [-0.4, -0.2) is 41.1 Å². The van der Waals surface area contributed by atoms with Gasteiger partial charge in [0.15, 0.2) is 0 Å². The summed E-state index contributed by atoms with van der Waals surface area (Å²) >= 11 is 0. The predicted molar refractivity (Wildman–Crippen MR) is 67.2 cm³/mol. The van der Waals surface area contributed by atoms with E-state index in [0.29, 0.717) is 6.42 Å². The van der Waals surface area contributed by atoms with Gasteiger partial charge in [-0.05, 0) is 5.56 Å². The summed E-state index contributed by atoms with van der Waals surface area (Å²) in [6.45, 7) is -0.00486. The summed E-state index contributed by atoms with van der Waals surface area (Å²) in [4.78, 5) is 11.6. The van der Waals surface area contributed by atoms with E-state index in [1.807, 2.05) is 30.3 Å². The van der Waals surface area contributed by atoms with Crippen molar-refractivity contribution in [3.8, 4) is 0 Å². The maximum atomic E-state index is 11.6. The molecule has 0 saturated carbocycles. The van der Waals surface area contributed by atoms with Gasteiger partial charge in [0, 0.05) is 6.42 Å². The summed E-state index contributed by atoms with van der Waals surface area (Å²) in [6.07, 6.45) is -1.23. The van der Waals surface area contributed by atoms with Crippen LogP contribution < -0.4 is 0 Å². The molecule has 104 valence electrons. The smallest absolute Gasteiger partial charge is 0.308 e. The average molecular weight is 266 g/mol. The van der Waals surface area contributed by atoms with Gasteiger partial charge in [0.25, 0.3) is 0 Å². The number of hydrogen-bond acceptors (Lipinski definition) is 5. The first-order valence-electron chi connectivity index (χ1n) is 6.33. The second-order valence-corrected chi connectivity index (χ2v) is 4.63. The molecule has 5 heteroatoms. The van der Waals surface area contributed by atoms with Crippen molar-refractivity contribution in [3.63, 3.8) is 0 Å². The maximum absolute atomic E-state index is 11.6. The summed E-state index contributed by atoms with van der Waals surface area (Å²) in [5.41, 5.74) is 0.927. The molecule has 1 aromatic carbocycles. The predicted octanol–water partition coefficient (Wildman–Crippen LogP) is 0.631. The Morgan fingerprint density at radius 3 is 2.74 bits per heavy atom. The van der Waals surface area contributed by atoms with Crippen molar-refractivity contribution in [2.75, 3.05) is 6.61 Å². The second kappa shape index (κ2) is 6.65. The van der Waals surface area contributed by atoms with Crippen molar-refractivity contribution in [3.05, 3.63) is 35.9 Å². The molecular formula is C14H18O5. The Morgan fingerprint density at radius 2 is 2.11 bits per heavy atom. The highest BCUT2D eigenvalue weighted by atomic mass is 16.5. The van der Waals surface area contributed by atoms with Gasteiger partial charge in [-0.3, -0.25) is 4.79 Å². The molecule has 0 aliphatic carbocycles. The highest BCUT2D eigenvalue weighted by molar-refractivity contribution is 5.70. The quantitative estimate of drug-likeness (QED) is 0.765. The van der Waals surface area contributed by atoms with Crippen molar-refractivity contribution in [1.82, 2.24) is 0 Å². The third-order valence-electron chi connectivity index (χ3n) is 3.12. The van der Waals surface area contributed by atoms with E-state index in [-0.39, 0.29) is 31.7 Å². The second-order valence-electron chi connectivity index (χ2n) is 4.63. The third kappa shape index (κ3) is 4.02. The first-order chi connectivity index (χ1) is 9.19. The van der Waals surface area contributed by atoms with Crippen molar-refractivity contribution < 1.29 is 24.5 Å². The van der Waals surface area contributed by atoms with Crippen LogP contribution >= 0.6 is 0 Å². The first-order valence-corrected chi connectivity index (χ1v) is 6.33. The van der Waals surface area contributed by atoms with Crippen LogP contribution in [0.25, 0.3) is 0 Å². The van der Waals surface area contributed by atoms with Crippen LogP contribution in [0.2, 0.25) is 0 Å². The average Bonchev–Trinajstić information content (AvgIpc) is 2.77. The molecule has 1 heterocycles. The summed E-state index contributed by atoms with van der Waals surface area (Å²) in [5, 5.41) is 18.5. The minimum atomic E-state index is -0.711. The van der Waals surface area contributed by atoms with Crippen molar-refractivity contribution >= 4 is 5.97 Å². The molecule has 2 N–H and O–H groups in total. The molecule has 1 saturated heterocycles. The zero-order valence-electron chi connectivity index (χ0n) is 10.6. The van der Waals surface area contributed by atoms with Gasteiger partial charge in [0.05, 0.1) is 25.2 Å². The zero-order chi connectivity index (χ0) is 13.7. The maximum Gasteiger partial charge on any atom is 0.308 e. The number of rotatable bonds is 5.